The summed E-state index contributed by atoms with van der Waals surface area (Å²) in [5.74, 6) is -0.364. The molecule has 0 saturated heterocycles. The number of amides is 3. The average molecular weight is 462 g/mol. The van der Waals surface area contributed by atoms with Crippen LogP contribution in [0.15, 0.2) is 12.7 Å². The Balaban J connectivity index is 4.83. The van der Waals surface area contributed by atoms with Crippen molar-refractivity contribution in [3.8, 4) is 0 Å². The maximum atomic E-state index is 12.3. The summed E-state index contributed by atoms with van der Waals surface area (Å²) in [5.41, 5.74) is -0.755. The van der Waals surface area contributed by atoms with Gasteiger partial charge >= 0.3 is 23.4 Å². The highest BCUT2D eigenvalue weighted by molar-refractivity contribution is 8.13. The number of nitrogens with one attached hydrogen (secondary N) is 3. The van der Waals surface area contributed by atoms with E-state index in [0.29, 0.717) is 0 Å². The molecule has 0 spiro atoms. The van der Waals surface area contributed by atoms with Crippen LogP contribution in [0.3, 0.4) is 0 Å². The number of alkyl carbamates (subject to hydrolysis) is 1. The number of carbonyl (C=O) groups excluding carboxylic acids is 4. The maximum Gasteiger partial charge on any atom is 0.408 e. The molecule has 0 aliphatic rings. The normalized spacial score (nSPS) is 12.9. The van der Waals surface area contributed by atoms with Crippen LogP contribution in [0.5, 0.6) is 0 Å². The Morgan fingerprint density at radius 1 is 1.10 bits per heavy atom. The van der Waals surface area contributed by atoms with Crippen molar-refractivity contribution in [1.82, 2.24) is 16.0 Å². The highest BCUT2D eigenvalue weighted by Crippen LogP contribution is 2.08. The van der Waals surface area contributed by atoms with Gasteiger partial charge in [-0.25, -0.2) is 19.2 Å². The predicted molar refractivity (Wildman–Crippen MR) is 119 cm³/mol. The van der Waals surface area contributed by atoms with Gasteiger partial charge in [0.15, 0.2) is 0 Å². The van der Waals surface area contributed by atoms with Gasteiger partial charge in [-0.3, -0.25) is 0 Å². The first kappa shape index (κ1) is 28.6. The fraction of sp³-hybridized carbons (Fsp3) is 0.700. The molecule has 0 rings (SSSR count). The van der Waals surface area contributed by atoms with Gasteiger partial charge in [-0.15, -0.1) is 6.58 Å². The summed E-state index contributed by atoms with van der Waals surface area (Å²) in [5, 5.41) is 7.07. The number of rotatable bonds is 11. The SMILES string of the molecule is C=C[C@H](CSC(=O)OCC)NC(=O)NC[C@H](NC(=O)OC(C)(C)C)C(=O)OCC(C)C. The number of esters is 1. The Hall–Kier alpha value is -2.43. The zero-order valence-electron chi connectivity index (χ0n) is 19.1. The Morgan fingerprint density at radius 3 is 2.26 bits per heavy atom. The maximum absolute atomic E-state index is 12.3. The number of hydrogen-bond donors (Lipinski definition) is 3. The van der Waals surface area contributed by atoms with Gasteiger partial charge in [0.2, 0.25) is 0 Å². The summed E-state index contributed by atoms with van der Waals surface area (Å²) in [7, 11) is 0. The minimum Gasteiger partial charge on any atom is -0.464 e. The number of carbonyl (C=O) groups is 4. The lowest BCUT2D eigenvalue weighted by Crippen LogP contribution is -2.53. The van der Waals surface area contributed by atoms with Crippen molar-refractivity contribution in [2.45, 2.75) is 59.2 Å². The van der Waals surface area contributed by atoms with E-state index in [1.807, 2.05) is 13.8 Å². The Labute approximate surface area is 188 Å². The molecule has 0 aromatic heterocycles. The summed E-state index contributed by atoms with van der Waals surface area (Å²) in [6.07, 6.45) is 0.662. The molecule has 0 unspecified atom stereocenters. The Bertz CT molecular complexity index is 620. The fourth-order valence-electron chi connectivity index (χ4n) is 1.89. The minimum atomic E-state index is -1.14. The predicted octanol–water partition coefficient (Wildman–Crippen LogP) is 2.82. The molecule has 11 heteroatoms. The molecule has 0 bridgehead atoms. The zero-order valence-corrected chi connectivity index (χ0v) is 19.9. The van der Waals surface area contributed by atoms with Gasteiger partial charge in [-0.2, -0.15) is 0 Å². The quantitative estimate of drug-likeness (QED) is 0.243. The molecule has 0 aliphatic heterocycles. The van der Waals surface area contributed by atoms with Crippen LogP contribution in [0.2, 0.25) is 0 Å². The molecule has 3 N–H and O–H groups in total. The van der Waals surface area contributed by atoms with E-state index >= 15 is 0 Å². The van der Waals surface area contributed by atoms with Gasteiger partial charge in [0.05, 0.1) is 25.8 Å². The van der Waals surface area contributed by atoms with E-state index in [2.05, 4.69) is 22.5 Å². The molecule has 0 aromatic rings. The van der Waals surface area contributed by atoms with Crippen LogP contribution in [-0.4, -0.2) is 66.6 Å². The molecule has 0 fully saturated rings. The van der Waals surface area contributed by atoms with Crippen molar-refractivity contribution in [2.24, 2.45) is 5.92 Å². The molecule has 0 saturated carbocycles. The van der Waals surface area contributed by atoms with E-state index in [1.165, 1.54) is 6.08 Å². The highest BCUT2D eigenvalue weighted by atomic mass is 32.2. The first-order valence-electron chi connectivity index (χ1n) is 10.0. The van der Waals surface area contributed by atoms with Gasteiger partial charge in [0.1, 0.15) is 11.6 Å². The van der Waals surface area contributed by atoms with Gasteiger partial charge in [-0.05, 0) is 45.4 Å². The van der Waals surface area contributed by atoms with Crippen molar-refractivity contribution >= 4 is 35.2 Å². The number of urea groups is 1. The second kappa shape index (κ2) is 14.6. The summed E-state index contributed by atoms with van der Waals surface area (Å²) in [4.78, 5) is 48.0. The van der Waals surface area contributed by atoms with E-state index in [0.717, 1.165) is 11.8 Å². The molecule has 0 radical (unpaired) electrons. The van der Waals surface area contributed by atoms with Gasteiger partial charge < -0.3 is 30.2 Å². The van der Waals surface area contributed by atoms with Crippen LogP contribution in [0.1, 0.15) is 41.5 Å². The molecule has 0 aromatic carbocycles. The lowest BCUT2D eigenvalue weighted by atomic mass is 10.2. The molecule has 2 atom stereocenters. The van der Waals surface area contributed by atoms with Gasteiger partial charge in [0, 0.05) is 5.75 Å². The fourth-order valence-corrected chi connectivity index (χ4v) is 2.63. The molecule has 3 amide bonds. The first-order chi connectivity index (χ1) is 14.4. The van der Waals surface area contributed by atoms with Gasteiger partial charge in [-0.1, -0.05) is 19.9 Å². The summed E-state index contributed by atoms with van der Waals surface area (Å²) in [6, 6.07) is -2.27. The van der Waals surface area contributed by atoms with E-state index in [-0.39, 0.29) is 31.4 Å². The van der Waals surface area contributed by atoms with E-state index in [9.17, 15) is 19.2 Å². The largest absolute Gasteiger partial charge is 0.464 e. The minimum absolute atomic E-state index is 0.104. The Kier molecular flexibility index (Phi) is 13.4. The van der Waals surface area contributed by atoms with Crippen LogP contribution in [-0.2, 0) is 19.0 Å². The summed E-state index contributed by atoms with van der Waals surface area (Å²) >= 11 is 0.905. The van der Waals surface area contributed by atoms with E-state index in [1.54, 1.807) is 27.7 Å². The molecular formula is C20H35N3O7S. The van der Waals surface area contributed by atoms with E-state index < -0.39 is 41.1 Å². The Morgan fingerprint density at radius 2 is 1.74 bits per heavy atom. The van der Waals surface area contributed by atoms with Crippen LogP contribution in [0, 0.1) is 5.92 Å². The lowest BCUT2D eigenvalue weighted by Gasteiger charge is -2.23. The standard InChI is InChI=1S/C20H35N3O7S/c1-8-14(12-31-19(27)28-9-2)22-17(25)21-10-15(16(24)29-11-13(3)4)23-18(26)30-20(5,6)7/h8,13-15H,1,9-12H2,2-7H3,(H,23,26)(H2,21,22,25)/t14-,15+/m1/s1. The molecule has 0 aliphatic carbocycles. The average Bonchev–Trinajstić information content (AvgIpc) is 2.65. The van der Waals surface area contributed by atoms with Gasteiger partial charge in [0.25, 0.3) is 0 Å². The van der Waals surface area contributed by atoms with Crippen LogP contribution in [0.4, 0.5) is 14.4 Å². The third-order valence-electron chi connectivity index (χ3n) is 3.25. The lowest BCUT2D eigenvalue weighted by molar-refractivity contribution is -0.147. The molecular weight excluding hydrogens is 426 g/mol. The molecule has 178 valence electrons. The number of thioether (sulfide) groups is 1. The summed E-state index contributed by atoms with van der Waals surface area (Å²) in [6.45, 7) is 14.3. The highest BCUT2D eigenvalue weighted by Gasteiger charge is 2.26. The third kappa shape index (κ3) is 15.1. The number of hydrogen-bond acceptors (Lipinski definition) is 8. The van der Waals surface area contributed by atoms with Crippen molar-refractivity contribution in [3.05, 3.63) is 12.7 Å². The third-order valence-corrected chi connectivity index (χ3v) is 4.12. The monoisotopic (exact) mass is 461 g/mol. The first-order valence-corrected chi connectivity index (χ1v) is 11.0. The second-order valence-corrected chi connectivity index (χ2v) is 8.87. The van der Waals surface area contributed by atoms with Crippen LogP contribution < -0.4 is 16.0 Å². The van der Waals surface area contributed by atoms with Crippen molar-refractivity contribution < 1.29 is 33.4 Å². The van der Waals surface area contributed by atoms with E-state index in [4.69, 9.17) is 14.2 Å². The van der Waals surface area contributed by atoms with Crippen molar-refractivity contribution in [1.29, 1.82) is 0 Å². The van der Waals surface area contributed by atoms with Crippen LogP contribution in [0.25, 0.3) is 0 Å². The summed E-state index contributed by atoms with van der Waals surface area (Å²) < 4.78 is 15.1. The molecule has 31 heavy (non-hydrogen) atoms. The second-order valence-electron chi connectivity index (χ2n) is 7.91. The smallest absolute Gasteiger partial charge is 0.408 e. The number of ether oxygens (including phenoxy) is 3. The van der Waals surface area contributed by atoms with Crippen LogP contribution >= 0.6 is 11.8 Å². The zero-order chi connectivity index (χ0) is 24.0. The topological polar surface area (TPSA) is 132 Å². The van der Waals surface area contributed by atoms with Crippen molar-refractivity contribution in [2.75, 3.05) is 25.5 Å². The van der Waals surface area contributed by atoms with Crippen molar-refractivity contribution in [3.63, 3.8) is 0 Å². The molecule has 10 nitrogen and oxygen atoms in total. The molecule has 0 heterocycles.